The van der Waals surface area contributed by atoms with E-state index in [-0.39, 0.29) is 13.1 Å². The number of alkyl halides is 3. The molecule has 1 aliphatic rings. The molecule has 0 bridgehead atoms. The van der Waals surface area contributed by atoms with Gasteiger partial charge in [0.05, 0.1) is 10.4 Å². The van der Waals surface area contributed by atoms with Crippen molar-refractivity contribution in [2.75, 3.05) is 23.7 Å². The zero-order valence-electron chi connectivity index (χ0n) is 14.2. The summed E-state index contributed by atoms with van der Waals surface area (Å²) >= 11 is 3.37. The first-order valence-corrected chi connectivity index (χ1v) is 8.95. The second-order valence-electron chi connectivity index (χ2n) is 6.46. The van der Waals surface area contributed by atoms with Crippen molar-refractivity contribution >= 4 is 33.3 Å². The fraction of sp³-hybridized carbons (Fsp3) is 0.375. The molecule has 0 amide bonds. The Kier molecular flexibility index (Phi) is 4.21. The van der Waals surface area contributed by atoms with Crippen LogP contribution in [0.15, 0.2) is 22.9 Å². The van der Waals surface area contributed by atoms with E-state index in [9.17, 15) is 13.2 Å². The van der Waals surface area contributed by atoms with E-state index in [0.717, 1.165) is 5.56 Å². The van der Waals surface area contributed by atoms with Crippen LogP contribution in [0.3, 0.4) is 0 Å². The van der Waals surface area contributed by atoms with Gasteiger partial charge in [-0.3, -0.25) is 0 Å². The molecule has 0 saturated carbocycles. The number of pyridine rings is 1. The number of fused-ring (bicyclic) bond motifs is 1. The molecule has 0 atom stereocenters. The monoisotopic (exact) mass is 441 g/mol. The van der Waals surface area contributed by atoms with Crippen molar-refractivity contribution in [3.63, 3.8) is 0 Å². The molecule has 0 aliphatic carbocycles. The third kappa shape index (κ3) is 3.20. The normalized spacial score (nSPS) is 15.4. The van der Waals surface area contributed by atoms with Crippen LogP contribution in [0.4, 0.5) is 24.8 Å². The predicted molar refractivity (Wildman–Crippen MR) is 96.4 cm³/mol. The van der Waals surface area contributed by atoms with Crippen molar-refractivity contribution < 1.29 is 13.2 Å². The second kappa shape index (κ2) is 6.32. The van der Waals surface area contributed by atoms with Crippen molar-refractivity contribution in [2.45, 2.75) is 19.5 Å². The lowest BCUT2D eigenvalue weighted by atomic mass is 9.99. The van der Waals surface area contributed by atoms with Gasteiger partial charge < -0.3 is 10.6 Å². The fourth-order valence-electron chi connectivity index (χ4n) is 3.06. The number of halogens is 4. The van der Waals surface area contributed by atoms with Gasteiger partial charge in [0.1, 0.15) is 18.0 Å². The Morgan fingerprint density at radius 1 is 1.26 bits per heavy atom. The summed E-state index contributed by atoms with van der Waals surface area (Å²) in [6.07, 6.45) is -2.42. The highest BCUT2D eigenvalue weighted by atomic mass is 79.9. The molecule has 7 nitrogen and oxygen atoms in total. The average molecular weight is 442 g/mol. The molecule has 11 heteroatoms. The number of nitrogens with zero attached hydrogens (tertiary/aromatic N) is 6. The van der Waals surface area contributed by atoms with Gasteiger partial charge in [0.2, 0.25) is 0 Å². The number of aromatic nitrogens is 5. The molecule has 4 rings (SSSR count). The van der Waals surface area contributed by atoms with Gasteiger partial charge in [-0.1, -0.05) is 0 Å². The SMILES string of the molecule is Cc1nc2ncnn2c(N)c1Cc1ccc(Br)c(N2CC(C(F)(F)F)C2)n1. The zero-order chi connectivity index (χ0) is 19.3. The molecule has 3 aromatic heterocycles. The van der Waals surface area contributed by atoms with Crippen LogP contribution in [0.25, 0.3) is 5.78 Å². The van der Waals surface area contributed by atoms with Crippen LogP contribution in [0.5, 0.6) is 0 Å². The van der Waals surface area contributed by atoms with Gasteiger partial charge >= 0.3 is 6.18 Å². The molecule has 1 fully saturated rings. The van der Waals surface area contributed by atoms with E-state index in [1.54, 1.807) is 17.0 Å². The number of aryl methyl sites for hydroxylation is 1. The van der Waals surface area contributed by atoms with Crippen LogP contribution in [0.1, 0.15) is 17.0 Å². The highest BCUT2D eigenvalue weighted by Gasteiger charge is 2.47. The zero-order valence-corrected chi connectivity index (χ0v) is 15.8. The maximum atomic E-state index is 12.8. The minimum absolute atomic E-state index is 0.0911. The van der Waals surface area contributed by atoms with E-state index in [1.165, 1.54) is 10.8 Å². The molecule has 1 saturated heterocycles. The van der Waals surface area contributed by atoms with Crippen LogP contribution < -0.4 is 10.6 Å². The van der Waals surface area contributed by atoms with Crippen LogP contribution in [-0.2, 0) is 6.42 Å². The van der Waals surface area contributed by atoms with Gasteiger partial charge in [0, 0.05) is 36.5 Å². The van der Waals surface area contributed by atoms with Crippen molar-refractivity contribution in [1.29, 1.82) is 0 Å². The summed E-state index contributed by atoms with van der Waals surface area (Å²) < 4.78 is 40.4. The van der Waals surface area contributed by atoms with Gasteiger partial charge in [-0.05, 0) is 35.0 Å². The van der Waals surface area contributed by atoms with Crippen LogP contribution in [0, 0.1) is 12.8 Å². The summed E-state index contributed by atoms with van der Waals surface area (Å²) in [5, 5.41) is 4.05. The van der Waals surface area contributed by atoms with Crippen LogP contribution >= 0.6 is 15.9 Å². The van der Waals surface area contributed by atoms with E-state index in [1.807, 2.05) is 6.92 Å². The molecule has 3 aromatic rings. The van der Waals surface area contributed by atoms with Crippen molar-refractivity contribution in [3.05, 3.63) is 39.9 Å². The lowest BCUT2D eigenvalue weighted by Gasteiger charge is -2.41. The molecule has 27 heavy (non-hydrogen) atoms. The highest BCUT2D eigenvalue weighted by Crippen LogP contribution is 2.38. The Morgan fingerprint density at radius 2 is 2.00 bits per heavy atom. The number of hydrogen-bond acceptors (Lipinski definition) is 6. The summed E-state index contributed by atoms with van der Waals surface area (Å²) in [5.74, 6) is 0.0185. The summed E-state index contributed by atoms with van der Waals surface area (Å²) in [5.41, 5.74) is 8.34. The molecule has 142 valence electrons. The van der Waals surface area contributed by atoms with Gasteiger partial charge in [-0.15, -0.1) is 0 Å². The Hall–Kier alpha value is -2.43. The molecule has 2 N–H and O–H groups in total. The first-order valence-electron chi connectivity index (χ1n) is 8.16. The maximum Gasteiger partial charge on any atom is 0.395 e. The molecular weight excluding hydrogens is 427 g/mol. The molecule has 0 spiro atoms. The lowest BCUT2D eigenvalue weighted by Crippen LogP contribution is -2.53. The molecule has 4 heterocycles. The first kappa shape index (κ1) is 18.0. The van der Waals surface area contributed by atoms with Crippen LogP contribution in [0.2, 0.25) is 0 Å². The number of nitrogens with two attached hydrogens (primary N) is 1. The molecule has 0 unspecified atom stereocenters. The summed E-state index contributed by atoms with van der Waals surface area (Å²) in [6, 6.07) is 3.59. The summed E-state index contributed by atoms with van der Waals surface area (Å²) in [7, 11) is 0. The Labute approximate surface area is 160 Å². The highest BCUT2D eigenvalue weighted by molar-refractivity contribution is 9.10. The van der Waals surface area contributed by atoms with Crippen LogP contribution in [-0.4, -0.2) is 43.8 Å². The van der Waals surface area contributed by atoms with E-state index >= 15 is 0 Å². The number of anilines is 2. The first-order chi connectivity index (χ1) is 12.7. The Bertz CT molecular complexity index is 1010. The maximum absolute atomic E-state index is 12.8. The van der Waals surface area contributed by atoms with Crippen molar-refractivity contribution in [2.24, 2.45) is 5.92 Å². The van der Waals surface area contributed by atoms with E-state index in [4.69, 9.17) is 5.73 Å². The van der Waals surface area contributed by atoms with E-state index in [0.29, 0.717) is 39.7 Å². The van der Waals surface area contributed by atoms with Gasteiger partial charge in [-0.2, -0.15) is 27.8 Å². The van der Waals surface area contributed by atoms with Crippen molar-refractivity contribution in [3.8, 4) is 0 Å². The minimum atomic E-state index is -4.18. The minimum Gasteiger partial charge on any atom is -0.383 e. The van der Waals surface area contributed by atoms with Gasteiger partial charge in [0.15, 0.2) is 0 Å². The molecule has 0 radical (unpaired) electrons. The largest absolute Gasteiger partial charge is 0.395 e. The molecule has 1 aliphatic heterocycles. The molecule has 0 aromatic carbocycles. The quantitative estimate of drug-likeness (QED) is 0.672. The number of rotatable bonds is 3. The molecular formula is C16H15BrF3N7. The Balaban J connectivity index is 1.61. The van der Waals surface area contributed by atoms with Gasteiger partial charge in [-0.25, -0.2) is 9.97 Å². The third-order valence-corrected chi connectivity index (χ3v) is 5.28. The average Bonchev–Trinajstić information content (AvgIpc) is 2.99. The second-order valence-corrected chi connectivity index (χ2v) is 7.32. The fourth-order valence-corrected chi connectivity index (χ4v) is 3.53. The predicted octanol–water partition coefficient (Wildman–Crippen LogP) is 2.76. The van der Waals surface area contributed by atoms with Crippen molar-refractivity contribution in [1.82, 2.24) is 24.6 Å². The van der Waals surface area contributed by atoms with Gasteiger partial charge in [0.25, 0.3) is 5.78 Å². The lowest BCUT2D eigenvalue weighted by molar-refractivity contribution is -0.180. The van der Waals surface area contributed by atoms with E-state index in [2.05, 4.69) is 36.0 Å². The Morgan fingerprint density at radius 3 is 2.70 bits per heavy atom. The van der Waals surface area contributed by atoms with E-state index < -0.39 is 12.1 Å². The standard InChI is InChI=1S/C16H15BrF3N7/c1-8-11(13(21)27-15(24-8)22-7-23-27)4-10-2-3-12(17)14(25-10)26-5-9(6-26)16(18,19)20/h2-3,7,9H,4-6,21H2,1H3. The number of hydrogen-bond donors (Lipinski definition) is 1. The summed E-state index contributed by atoms with van der Waals surface area (Å²) in [6.45, 7) is 1.64. The third-order valence-electron chi connectivity index (χ3n) is 4.66. The topological polar surface area (TPSA) is 85.2 Å². The summed E-state index contributed by atoms with van der Waals surface area (Å²) in [4.78, 5) is 14.5. The number of nitrogen functional groups attached to an aromatic ring is 1. The smallest absolute Gasteiger partial charge is 0.383 e.